The third kappa shape index (κ3) is 5.41. The lowest BCUT2D eigenvalue weighted by Gasteiger charge is -2.20. The van der Waals surface area contributed by atoms with Gasteiger partial charge in [0.25, 0.3) is 5.91 Å². The van der Waals surface area contributed by atoms with Crippen molar-refractivity contribution >= 4 is 61.8 Å². The van der Waals surface area contributed by atoms with E-state index in [1.807, 2.05) is 79.9 Å². The van der Waals surface area contributed by atoms with Crippen molar-refractivity contribution in [1.82, 2.24) is 9.58 Å². The van der Waals surface area contributed by atoms with E-state index in [4.69, 9.17) is 10.1 Å². The van der Waals surface area contributed by atoms with Crippen LogP contribution in [-0.4, -0.2) is 37.5 Å². The second-order valence-corrected chi connectivity index (χ2v) is 11.3. The number of ether oxygens (including phenoxy) is 1. The van der Waals surface area contributed by atoms with E-state index >= 15 is 0 Å². The van der Waals surface area contributed by atoms with Crippen LogP contribution in [0.5, 0.6) is 5.75 Å². The Labute approximate surface area is 234 Å². The molecule has 9 heteroatoms. The van der Waals surface area contributed by atoms with Gasteiger partial charge in [-0.05, 0) is 54.1 Å². The first-order valence-electron chi connectivity index (χ1n) is 12.5. The Bertz CT molecular complexity index is 1670. The molecule has 3 aromatic carbocycles. The summed E-state index contributed by atoms with van der Waals surface area (Å²) in [4.78, 5) is 17.3. The summed E-state index contributed by atoms with van der Waals surface area (Å²) in [6.07, 6.45) is 3.75. The molecule has 0 fully saturated rings. The zero-order chi connectivity index (χ0) is 26.8. The molecule has 0 aliphatic carbocycles. The number of carbonyl (C=O) groups excluding carboxylic acids is 1. The Morgan fingerprint density at radius 3 is 2.72 bits per heavy atom. The van der Waals surface area contributed by atoms with Crippen LogP contribution in [0, 0.1) is 12.3 Å². The molecule has 0 atom stereocenters. The molecule has 0 unspecified atom stereocenters. The van der Waals surface area contributed by atoms with Crippen LogP contribution < -0.4 is 4.74 Å². The summed E-state index contributed by atoms with van der Waals surface area (Å²) in [6.45, 7) is 3.18. The molecule has 0 bridgehead atoms. The standard InChI is InChI=1S/C30H25N5O2S2/c1-20-8-7-11-23(16-20)37-15-14-34-18-22(24-12-5-6-13-26(24)34)17-25-27(31)35-29(32-28(25)36)39-30(33-35)38-19-21-9-3-2-4-10-21/h2-13,16-18,31H,14-15,19H2,1H3/b25-17-,31-27?. The first kappa shape index (κ1) is 25.2. The van der Waals surface area contributed by atoms with Gasteiger partial charge in [0, 0.05) is 28.4 Å². The highest BCUT2D eigenvalue weighted by Crippen LogP contribution is 2.34. The third-order valence-corrected chi connectivity index (χ3v) is 8.46. The first-order valence-corrected chi connectivity index (χ1v) is 14.3. The number of amidine groups is 2. The van der Waals surface area contributed by atoms with Crippen molar-refractivity contribution in [3.63, 3.8) is 0 Å². The van der Waals surface area contributed by atoms with E-state index < -0.39 is 5.91 Å². The van der Waals surface area contributed by atoms with Crippen molar-refractivity contribution < 1.29 is 9.53 Å². The molecule has 4 aromatic rings. The molecule has 3 heterocycles. The molecule has 1 amide bonds. The van der Waals surface area contributed by atoms with Gasteiger partial charge in [0.1, 0.15) is 12.4 Å². The predicted molar refractivity (Wildman–Crippen MR) is 161 cm³/mol. The maximum Gasteiger partial charge on any atom is 0.283 e. The van der Waals surface area contributed by atoms with Crippen molar-refractivity contribution in [2.24, 2.45) is 10.1 Å². The SMILES string of the molecule is Cc1cccc(OCCn2cc(/C=C3/C(=N)N4N=C(SCc5ccccc5)SC4=NC3=O)c3ccccc32)c1. The van der Waals surface area contributed by atoms with Crippen LogP contribution in [-0.2, 0) is 17.1 Å². The topological polar surface area (TPSA) is 83.0 Å². The number of para-hydroxylation sites is 1. The van der Waals surface area contributed by atoms with E-state index in [1.165, 1.54) is 22.3 Å². The summed E-state index contributed by atoms with van der Waals surface area (Å²) < 4.78 is 8.85. The highest BCUT2D eigenvalue weighted by Gasteiger charge is 2.36. The smallest absolute Gasteiger partial charge is 0.283 e. The van der Waals surface area contributed by atoms with Gasteiger partial charge in [-0.1, -0.05) is 72.4 Å². The number of benzene rings is 3. The van der Waals surface area contributed by atoms with Gasteiger partial charge in [-0.3, -0.25) is 10.2 Å². The quantitative estimate of drug-likeness (QED) is 0.264. The number of hydrazone groups is 1. The van der Waals surface area contributed by atoms with Gasteiger partial charge in [0.2, 0.25) is 5.17 Å². The fraction of sp³-hybridized carbons (Fsp3) is 0.133. The number of aromatic nitrogens is 1. The van der Waals surface area contributed by atoms with Gasteiger partial charge in [-0.15, -0.1) is 5.10 Å². The van der Waals surface area contributed by atoms with Crippen molar-refractivity contribution in [3.8, 4) is 5.75 Å². The van der Waals surface area contributed by atoms with E-state index in [2.05, 4.69) is 26.8 Å². The Morgan fingerprint density at radius 2 is 1.87 bits per heavy atom. The lowest BCUT2D eigenvalue weighted by Crippen LogP contribution is -2.35. The first-order chi connectivity index (χ1) is 19.0. The van der Waals surface area contributed by atoms with Crippen LogP contribution in [0.15, 0.2) is 101 Å². The minimum atomic E-state index is -0.428. The van der Waals surface area contributed by atoms with Crippen LogP contribution >= 0.6 is 23.5 Å². The number of aryl methyl sites for hydroxylation is 1. The maximum absolute atomic E-state index is 13.0. The molecule has 0 spiro atoms. The van der Waals surface area contributed by atoms with Crippen LogP contribution in [0.2, 0.25) is 0 Å². The second-order valence-electron chi connectivity index (χ2n) is 9.12. The Hall–Kier alpha value is -4.08. The fourth-order valence-electron chi connectivity index (χ4n) is 4.45. The number of thioether (sulfide) groups is 2. The molecule has 2 aliphatic heterocycles. The average Bonchev–Trinajstić information content (AvgIpc) is 3.52. The average molecular weight is 552 g/mol. The molecule has 0 saturated carbocycles. The highest BCUT2D eigenvalue weighted by molar-refractivity contribution is 8.45. The molecule has 2 aliphatic rings. The Morgan fingerprint density at radius 1 is 1.05 bits per heavy atom. The summed E-state index contributed by atoms with van der Waals surface area (Å²) in [5, 5.41) is 16.2. The number of carbonyl (C=O) groups is 1. The number of rotatable bonds is 7. The number of hydrogen-bond donors (Lipinski definition) is 1. The van der Waals surface area contributed by atoms with Crippen molar-refractivity contribution in [2.45, 2.75) is 19.2 Å². The number of aliphatic imine (C=N–C) groups is 1. The largest absolute Gasteiger partial charge is 0.492 e. The Balaban J connectivity index is 1.22. The summed E-state index contributed by atoms with van der Waals surface area (Å²) in [5.74, 6) is 1.20. The number of hydrogen-bond acceptors (Lipinski definition) is 6. The minimum Gasteiger partial charge on any atom is -0.492 e. The predicted octanol–water partition coefficient (Wildman–Crippen LogP) is 6.54. The second kappa shape index (κ2) is 11.0. The van der Waals surface area contributed by atoms with E-state index in [0.717, 1.165) is 37.9 Å². The normalized spacial score (nSPS) is 16.0. The molecule has 7 nitrogen and oxygen atoms in total. The highest BCUT2D eigenvalue weighted by atomic mass is 32.2. The number of nitrogens with zero attached hydrogens (tertiary/aromatic N) is 4. The van der Waals surface area contributed by atoms with E-state index in [9.17, 15) is 4.79 Å². The van der Waals surface area contributed by atoms with Crippen molar-refractivity contribution in [1.29, 1.82) is 5.41 Å². The molecule has 1 aromatic heterocycles. The zero-order valence-electron chi connectivity index (χ0n) is 21.2. The van der Waals surface area contributed by atoms with Crippen LogP contribution in [0.1, 0.15) is 16.7 Å². The van der Waals surface area contributed by atoms with Crippen molar-refractivity contribution in [3.05, 3.63) is 107 Å². The van der Waals surface area contributed by atoms with Crippen LogP contribution in [0.3, 0.4) is 0 Å². The monoisotopic (exact) mass is 551 g/mol. The molecule has 39 heavy (non-hydrogen) atoms. The number of nitrogens with one attached hydrogen (secondary N) is 1. The van der Waals surface area contributed by atoms with E-state index in [1.54, 1.807) is 17.8 Å². The van der Waals surface area contributed by atoms with Crippen molar-refractivity contribution in [2.75, 3.05) is 6.61 Å². The molecular formula is C30H25N5O2S2. The van der Waals surface area contributed by atoms with Gasteiger partial charge in [0.15, 0.2) is 10.2 Å². The summed E-state index contributed by atoms with van der Waals surface area (Å²) in [7, 11) is 0. The fourth-order valence-corrected chi connectivity index (χ4v) is 6.33. The lowest BCUT2D eigenvalue weighted by atomic mass is 10.1. The summed E-state index contributed by atoms with van der Waals surface area (Å²) in [5.41, 5.74) is 4.44. The van der Waals surface area contributed by atoms with Gasteiger partial charge in [-0.25, -0.2) is 0 Å². The molecule has 0 radical (unpaired) electrons. The molecular weight excluding hydrogens is 526 g/mol. The molecule has 1 N–H and O–H groups in total. The minimum absolute atomic E-state index is 0.0347. The van der Waals surface area contributed by atoms with E-state index in [0.29, 0.717) is 18.3 Å². The van der Waals surface area contributed by atoms with Gasteiger partial charge in [-0.2, -0.15) is 10.0 Å². The molecule has 0 saturated heterocycles. The van der Waals surface area contributed by atoms with Gasteiger partial charge in [0.05, 0.1) is 12.1 Å². The summed E-state index contributed by atoms with van der Waals surface area (Å²) >= 11 is 2.90. The van der Waals surface area contributed by atoms with Gasteiger partial charge >= 0.3 is 0 Å². The maximum atomic E-state index is 13.0. The Kier molecular flexibility index (Phi) is 7.08. The number of fused-ring (bicyclic) bond motifs is 2. The third-order valence-electron chi connectivity index (χ3n) is 6.35. The van der Waals surface area contributed by atoms with Crippen LogP contribution in [0.4, 0.5) is 0 Å². The molecule has 194 valence electrons. The zero-order valence-corrected chi connectivity index (χ0v) is 22.8. The summed E-state index contributed by atoms with van der Waals surface area (Å²) in [6, 6.07) is 26.2. The van der Waals surface area contributed by atoms with E-state index in [-0.39, 0.29) is 11.4 Å². The van der Waals surface area contributed by atoms with Crippen LogP contribution in [0.25, 0.3) is 17.0 Å². The number of amides is 1. The van der Waals surface area contributed by atoms with Gasteiger partial charge < -0.3 is 9.30 Å². The lowest BCUT2D eigenvalue weighted by molar-refractivity contribution is -0.114. The molecule has 6 rings (SSSR count).